The number of nitrogens with zero attached hydrogens (tertiary/aromatic N) is 4. The molecule has 0 atom stereocenters. The van der Waals surface area contributed by atoms with Crippen LogP contribution >= 0.6 is 0 Å². The Morgan fingerprint density at radius 1 is 0.912 bits per heavy atom. The van der Waals surface area contributed by atoms with E-state index in [0.717, 1.165) is 22.5 Å². The van der Waals surface area contributed by atoms with E-state index in [1.165, 1.54) is 7.11 Å². The van der Waals surface area contributed by atoms with Crippen LogP contribution in [0.5, 0.6) is 11.5 Å². The highest BCUT2D eigenvalue weighted by atomic mass is 16.5. The Morgan fingerprint density at radius 2 is 1.65 bits per heavy atom. The number of nitrogens with one attached hydrogen (secondary N) is 2. The van der Waals surface area contributed by atoms with Gasteiger partial charge in [0.15, 0.2) is 17.3 Å². The summed E-state index contributed by atoms with van der Waals surface area (Å²) in [5.41, 5.74) is 4.35. The first-order valence-corrected chi connectivity index (χ1v) is 10.6. The smallest absolute Gasteiger partial charge is 0.232 e. The molecule has 0 bridgehead atoms. The molecule has 0 aliphatic carbocycles. The SMILES string of the molecule is COc1cccc(C(=NN)c2nc(Nc3ccccc3)nc(Nc3ccc(C)cc3C)n2)c1O. The van der Waals surface area contributed by atoms with Crippen molar-refractivity contribution < 1.29 is 9.84 Å². The van der Waals surface area contributed by atoms with Crippen LogP contribution in [0.3, 0.4) is 0 Å². The predicted octanol–water partition coefficient (Wildman–Crippen LogP) is 4.40. The molecular weight excluding hydrogens is 430 g/mol. The third-order valence-electron chi connectivity index (χ3n) is 5.11. The summed E-state index contributed by atoms with van der Waals surface area (Å²) in [5.74, 6) is 6.65. The molecule has 1 aromatic heterocycles. The van der Waals surface area contributed by atoms with Crippen molar-refractivity contribution in [1.29, 1.82) is 0 Å². The molecule has 5 N–H and O–H groups in total. The number of benzene rings is 3. The topological polar surface area (TPSA) is 131 Å². The molecule has 3 aromatic carbocycles. The normalized spacial score (nSPS) is 11.2. The van der Waals surface area contributed by atoms with Crippen LogP contribution in [0.4, 0.5) is 23.3 Å². The highest BCUT2D eigenvalue weighted by Crippen LogP contribution is 2.31. The van der Waals surface area contributed by atoms with E-state index in [4.69, 9.17) is 10.6 Å². The van der Waals surface area contributed by atoms with Crippen LogP contribution in [0, 0.1) is 13.8 Å². The fraction of sp³-hybridized carbons (Fsp3) is 0.120. The lowest BCUT2D eigenvalue weighted by Gasteiger charge is -2.14. The molecule has 0 saturated carbocycles. The minimum Gasteiger partial charge on any atom is -0.504 e. The summed E-state index contributed by atoms with van der Waals surface area (Å²) in [6, 6.07) is 20.6. The molecule has 0 fully saturated rings. The molecule has 172 valence electrons. The second-order valence-electron chi connectivity index (χ2n) is 7.57. The summed E-state index contributed by atoms with van der Waals surface area (Å²) in [6.07, 6.45) is 0. The first kappa shape index (κ1) is 22.5. The number of rotatable bonds is 7. The number of hydrogen-bond acceptors (Lipinski definition) is 9. The van der Waals surface area contributed by atoms with Gasteiger partial charge in [-0.05, 0) is 49.7 Å². The quantitative estimate of drug-likeness (QED) is 0.183. The first-order valence-electron chi connectivity index (χ1n) is 10.6. The molecule has 0 aliphatic rings. The van der Waals surface area contributed by atoms with E-state index >= 15 is 0 Å². The number of hydrazone groups is 1. The van der Waals surface area contributed by atoms with E-state index in [2.05, 4.69) is 36.8 Å². The van der Waals surface area contributed by atoms with Gasteiger partial charge in [-0.15, -0.1) is 0 Å². The van der Waals surface area contributed by atoms with Crippen LogP contribution in [0.15, 0.2) is 71.8 Å². The molecule has 9 heteroatoms. The van der Waals surface area contributed by atoms with Crippen LogP contribution in [0.1, 0.15) is 22.5 Å². The summed E-state index contributed by atoms with van der Waals surface area (Å²) in [4.78, 5) is 13.6. The average Bonchev–Trinajstić information content (AvgIpc) is 2.83. The van der Waals surface area contributed by atoms with Crippen LogP contribution < -0.4 is 21.2 Å². The van der Waals surface area contributed by atoms with Crippen molar-refractivity contribution in [2.45, 2.75) is 13.8 Å². The first-order chi connectivity index (χ1) is 16.5. The highest BCUT2D eigenvalue weighted by molar-refractivity contribution is 6.12. The molecule has 4 aromatic rings. The minimum absolute atomic E-state index is 0.115. The van der Waals surface area contributed by atoms with Crippen molar-refractivity contribution in [3.63, 3.8) is 0 Å². The Kier molecular flexibility index (Phi) is 6.54. The molecule has 0 radical (unpaired) electrons. The number of phenols is 1. The van der Waals surface area contributed by atoms with Gasteiger partial charge >= 0.3 is 0 Å². The lowest BCUT2D eigenvalue weighted by Crippen LogP contribution is -2.15. The maximum absolute atomic E-state index is 10.7. The lowest BCUT2D eigenvalue weighted by atomic mass is 10.1. The van der Waals surface area contributed by atoms with Gasteiger partial charge < -0.3 is 26.3 Å². The van der Waals surface area contributed by atoms with E-state index in [-0.39, 0.29) is 29.0 Å². The monoisotopic (exact) mass is 455 g/mol. The molecule has 1 heterocycles. The van der Waals surface area contributed by atoms with Gasteiger partial charge in [0.05, 0.1) is 12.7 Å². The van der Waals surface area contributed by atoms with Gasteiger partial charge in [-0.1, -0.05) is 42.0 Å². The van der Waals surface area contributed by atoms with Gasteiger partial charge in [0.2, 0.25) is 11.9 Å². The third-order valence-corrected chi connectivity index (χ3v) is 5.11. The minimum atomic E-state index is -0.115. The third kappa shape index (κ3) is 4.88. The van der Waals surface area contributed by atoms with E-state index in [9.17, 15) is 5.11 Å². The lowest BCUT2D eigenvalue weighted by molar-refractivity contribution is 0.373. The van der Waals surface area contributed by atoms with Crippen molar-refractivity contribution in [1.82, 2.24) is 15.0 Å². The van der Waals surface area contributed by atoms with Crippen molar-refractivity contribution in [3.05, 3.63) is 89.2 Å². The number of aromatic hydroxyl groups is 1. The number of hydrogen-bond donors (Lipinski definition) is 4. The number of aromatic nitrogens is 3. The zero-order valence-electron chi connectivity index (χ0n) is 19.1. The van der Waals surface area contributed by atoms with Gasteiger partial charge in [0, 0.05) is 11.4 Å². The Morgan fingerprint density at radius 3 is 2.32 bits per heavy atom. The summed E-state index contributed by atoms with van der Waals surface area (Å²) >= 11 is 0. The zero-order valence-corrected chi connectivity index (χ0v) is 19.1. The van der Waals surface area contributed by atoms with Gasteiger partial charge in [-0.2, -0.15) is 20.1 Å². The number of ether oxygens (including phenoxy) is 1. The molecule has 34 heavy (non-hydrogen) atoms. The maximum Gasteiger partial charge on any atom is 0.232 e. The van der Waals surface area contributed by atoms with E-state index in [1.54, 1.807) is 18.2 Å². The van der Waals surface area contributed by atoms with Gasteiger partial charge in [0.25, 0.3) is 0 Å². The van der Waals surface area contributed by atoms with Crippen molar-refractivity contribution in [2.75, 3.05) is 17.7 Å². The second kappa shape index (κ2) is 9.86. The number of anilines is 4. The molecule has 4 rings (SSSR count). The van der Waals surface area contributed by atoms with Crippen LogP contribution in [-0.4, -0.2) is 32.9 Å². The molecule has 0 unspecified atom stereocenters. The molecule has 0 spiro atoms. The molecule has 0 aliphatic heterocycles. The fourth-order valence-corrected chi connectivity index (χ4v) is 3.44. The molecule has 0 saturated heterocycles. The standard InChI is InChI=1S/C25H25N7O2/c1-15-12-13-19(16(2)14-15)28-25-30-23(29-24(31-25)27-17-8-5-4-6-9-17)21(32-26)18-10-7-11-20(34-3)22(18)33/h4-14,33H,26H2,1-3H3,(H2,27,28,29,30,31). The Balaban J connectivity index is 1.80. The summed E-state index contributed by atoms with van der Waals surface area (Å²) in [5, 5.41) is 21.0. The van der Waals surface area contributed by atoms with Gasteiger partial charge in [-0.25, -0.2) is 0 Å². The average molecular weight is 456 g/mol. The van der Waals surface area contributed by atoms with E-state index in [0.29, 0.717) is 11.5 Å². The molecular formula is C25H25N7O2. The van der Waals surface area contributed by atoms with Crippen molar-refractivity contribution in [2.24, 2.45) is 10.9 Å². The Bertz CT molecular complexity index is 1340. The van der Waals surface area contributed by atoms with E-state index in [1.807, 2.05) is 56.3 Å². The zero-order chi connectivity index (χ0) is 24.1. The number of phenolic OH excluding ortho intramolecular Hbond substituents is 1. The van der Waals surface area contributed by atoms with E-state index < -0.39 is 0 Å². The van der Waals surface area contributed by atoms with Gasteiger partial charge in [-0.3, -0.25) is 0 Å². The predicted molar refractivity (Wildman–Crippen MR) is 133 cm³/mol. The van der Waals surface area contributed by atoms with Crippen LogP contribution in [0.2, 0.25) is 0 Å². The van der Waals surface area contributed by atoms with Gasteiger partial charge in [0.1, 0.15) is 5.71 Å². The van der Waals surface area contributed by atoms with Crippen molar-refractivity contribution >= 4 is 29.0 Å². The largest absolute Gasteiger partial charge is 0.504 e. The Hall–Kier alpha value is -4.66. The molecule has 0 amide bonds. The Labute approximate surface area is 197 Å². The van der Waals surface area contributed by atoms with Crippen LogP contribution in [0.25, 0.3) is 0 Å². The summed E-state index contributed by atoms with van der Waals surface area (Å²) in [6.45, 7) is 4.03. The highest BCUT2D eigenvalue weighted by Gasteiger charge is 2.20. The van der Waals surface area contributed by atoms with Crippen molar-refractivity contribution in [3.8, 4) is 11.5 Å². The number of para-hydroxylation sites is 2. The number of methoxy groups -OCH3 is 1. The molecule has 9 nitrogen and oxygen atoms in total. The number of aryl methyl sites for hydroxylation is 2. The second-order valence-corrected chi connectivity index (χ2v) is 7.57. The van der Waals surface area contributed by atoms with Crippen LogP contribution in [-0.2, 0) is 0 Å². The number of nitrogens with two attached hydrogens (primary N) is 1. The summed E-state index contributed by atoms with van der Waals surface area (Å²) < 4.78 is 5.22. The maximum atomic E-state index is 10.7. The summed E-state index contributed by atoms with van der Waals surface area (Å²) in [7, 11) is 1.47. The fourth-order valence-electron chi connectivity index (χ4n) is 3.44.